The van der Waals surface area contributed by atoms with Gasteiger partial charge in [0, 0.05) is 23.1 Å². The molecule has 0 fully saturated rings. The molecule has 7 heteroatoms. The molecule has 5 nitrogen and oxygen atoms in total. The molecule has 0 radical (unpaired) electrons. The van der Waals surface area contributed by atoms with Gasteiger partial charge in [-0.3, -0.25) is 14.9 Å². The van der Waals surface area contributed by atoms with Crippen LogP contribution in [0.25, 0.3) is 0 Å². The number of halogens is 2. The smallest absolute Gasteiger partial charge is 0.272 e. The number of nitro benzene ring substituents is 1. The highest BCUT2D eigenvalue weighted by molar-refractivity contribution is 9.10. The molecule has 0 saturated carbocycles. The fourth-order valence-electron chi connectivity index (χ4n) is 1.19. The van der Waals surface area contributed by atoms with Crippen LogP contribution in [0.2, 0.25) is 5.02 Å². The number of hydrogen-bond acceptors (Lipinski definition) is 3. The van der Waals surface area contributed by atoms with Gasteiger partial charge in [-0.05, 0) is 12.1 Å². The lowest BCUT2D eigenvalue weighted by atomic mass is 10.1. The molecule has 0 saturated heterocycles. The lowest BCUT2D eigenvalue weighted by Crippen LogP contribution is -2.25. The first-order valence-electron chi connectivity index (χ1n) is 4.28. The van der Waals surface area contributed by atoms with Gasteiger partial charge in [0.1, 0.15) is 0 Å². The van der Waals surface area contributed by atoms with Gasteiger partial charge >= 0.3 is 0 Å². The third-order valence-corrected chi connectivity index (χ3v) is 2.96. The summed E-state index contributed by atoms with van der Waals surface area (Å²) in [5, 5.41) is 11.1. The number of rotatable bonds is 4. The van der Waals surface area contributed by atoms with Gasteiger partial charge in [0.15, 0.2) is 0 Å². The minimum Gasteiger partial charge on any atom is -0.369 e. The lowest BCUT2D eigenvalue weighted by molar-refractivity contribution is -0.385. The summed E-state index contributed by atoms with van der Waals surface area (Å²) in [5.74, 6) is -0.575. The number of nitrogens with zero attached hydrogens (tertiary/aromatic N) is 1. The van der Waals surface area contributed by atoms with Gasteiger partial charge in [0.25, 0.3) is 5.69 Å². The number of carbonyl (C=O) groups is 1. The minimum atomic E-state index is -0.648. The number of amides is 1. The monoisotopic (exact) mass is 306 g/mol. The summed E-state index contributed by atoms with van der Waals surface area (Å²) in [6, 6.07) is 4.19. The normalized spacial score (nSPS) is 12.1. The third-order valence-electron chi connectivity index (χ3n) is 1.95. The largest absolute Gasteiger partial charge is 0.369 e. The van der Waals surface area contributed by atoms with Crippen LogP contribution in [0.1, 0.15) is 5.56 Å². The van der Waals surface area contributed by atoms with Gasteiger partial charge in [0.2, 0.25) is 5.91 Å². The molecule has 1 atom stereocenters. The molecule has 0 aliphatic rings. The molecule has 0 spiro atoms. The zero-order valence-corrected chi connectivity index (χ0v) is 10.4. The van der Waals surface area contributed by atoms with Crippen molar-refractivity contribution in [3.05, 3.63) is 38.9 Å². The number of hydrogen-bond donors (Lipinski definition) is 1. The van der Waals surface area contributed by atoms with Crippen LogP contribution in [-0.2, 0) is 11.2 Å². The van der Waals surface area contributed by atoms with Crippen molar-refractivity contribution < 1.29 is 9.72 Å². The number of primary amides is 1. The molecular formula is C9H8BrClN2O3. The molecule has 0 aliphatic carbocycles. The summed E-state index contributed by atoms with van der Waals surface area (Å²) in [6.45, 7) is 0. The molecule has 0 aliphatic heterocycles. The third kappa shape index (κ3) is 3.18. The molecule has 16 heavy (non-hydrogen) atoms. The first-order chi connectivity index (χ1) is 7.41. The van der Waals surface area contributed by atoms with Crippen molar-refractivity contribution in [1.82, 2.24) is 0 Å². The van der Waals surface area contributed by atoms with E-state index in [1.165, 1.54) is 18.2 Å². The fraction of sp³-hybridized carbons (Fsp3) is 0.222. The summed E-state index contributed by atoms with van der Waals surface area (Å²) >= 11 is 8.78. The highest BCUT2D eigenvalue weighted by Gasteiger charge is 2.19. The van der Waals surface area contributed by atoms with Crippen LogP contribution in [0.15, 0.2) is 18.2 Å². The van der Waals surface area contributed by atoms with E-state index in [2.05, 4.69) is 15.9 Å². The zero-order valence-electron chi connectivity index (χ0n) is 8.02. The Kier molecular flexibility index (Phi) is 4.26. The van der Waals surface area contributed by atoms with E-state index in [-0.39, 0.29) is 12.1 Å². The second-order valence-corrected chi connectivity index (χ2v) is 4.65. The highest BCUT2D eigenvalue weighted by Crippen LogP contribution is 2.25. The molecule has 0 heterocycles. The number of nitrogens with two attached hydrogens (primary N) is 1. The minimum absolute atomic E-state index is 0.0740. The van der Waals surface area contributed by atoms with E-state index in [0.29, 0.717) is 10.6 Å². The van der Waals surface area contributed by atoms with E-state index in [4.69, 9.17) is 17.3 Å². The predicted molar refractivity (Wildman–Crippen MR) is 63.7 cm³/mol. The Balaban J connectivity index is 3.05. The van der Waals surface area contributed by atoms with Gasteiger partial charge in [-0.25, -0.2) is 0 Å². The standard InChI is InChI=1S/C9H8BrClN2O3/c10-7(9(12)14)4-5-3-6(11)1-2-8(5)13(15)16/h1-3,7H,4H2,(H2,12,14). The van der Waals surface area contributed by atoms with Crippen LogP contribution in [0, 0.1) is 10.1 Å². The first-order valence-corrected chi connectivity index (χ1v) is 5.57. The number of alkyl halides is 1. The van der Waals surface area contributed by atoms with Crippen LogP contribution in [-0.4, -0.2) is 15.7 Å². The van der Waals surface area contributed by atoms with E-state index in [9.17, 15) is 14.9 Å². The molecule has 86 valence electrons. The van der Waals surface area contributed by atoms with E-state index >= 15 is 0 Å². The van der Waals surface area contributed by atoms with Gasteiger partial charge < -0.3 is 5.73 Å². The van der Waals surface area contributed by atoms with Crippen LogP contribution < -0.4 is 5.73 Å². The van der Waals surface area contributed by atoms with Crippen molar-refractivity contribution >= 4 is 39.1 Å². The topological polar surface area (TPSA) is 86.2 Å². The molecule has 0 aromatic heterocycles. The molecule has 0 bridgehead atoms. The Morgan fingerprint density at radius 1 is 1.62 bits per heavy atom. The lowest BCUT2D eigenvalue weighted by Gasteiger charge is -2.06. The van der Waals surface area contributed by atoms with E-state index in [1.807, 2.05) is 0 Å². The van der Waals surface area contributed by atoms with Crippen LogP contribution in [0.3, 0.4) is 0 Å². The predicted octanol–water partition coefficient (Wildman–Crippen LogP) is 2.04. The summed E-state index contributed by atoms with van der Waals surface area (Å²) in [5.41, 5.74) is 5.36. The highest BCUT2D eigenvalue weighted by atomic mass is 79.9. The summed E-state index contributed by atoms with van der Waals surface area (Å²) < 4.78 is 0. The van der Waals surface area contributed by atoms with Gasteiger partial charge in [0.05, 0.1) is 9.75 Å². The van der Waals surface area contributed by atoms with Gasteiger partial charge in [-0.2, -0.15) is 0 Å². The fourth-order valence-corrected chi connectivity index (χ4v) is 1.73. The van der Waals surface area contributed by atoms with Gasteiger partial charge in [-0.1, -0.05) is 27.5 Å². The van der Waals surface area contributed by atoms with Crippen molar-refractivity contribution in [1.29, 1.82) is 0 Å². The average Bonchev–Trinajstić information content (AvgIpc) is 2.16. The number of carbonyl (C=O) groups excluding carboxylic acids is 1. The van der Waals surface area contributed by atoms with E-state index < -0.39 is 15.7 Å². The van der Waals surface area contributed by atoms with E-state index in [1.54, 1.807) is 0 Å². The van der Waals surface area contributed by atoms with Crippen LogP contribution in [0.5, 0.6) is 0 Å². The number of benzene rings is 1. The van der Waals surface area contributed by atoms with E-state index in [0.717, 1.165) is 0 Å². The Bertz CT molecular complexity index is 439. The zero-order chi connectivity index (χ0) is 12.3. The molecule has 1 unspecified atom stereocenters. The van der Waals surface area contributed by atoms with Crippen molar-refractivity contribution in [2.45, 2.75) is 11.2 Å². The SMILES string of the molecule is NC(=O)C(Br)Cc1cc(Cl)ccc1[N+](=O)[O-]. The maximum Gasteiger partial charge on any atom is 0.272 e. The number of nitro groups is 1. The van der Waals surface area contributed by atoms with Crippen LogP contribution in [0.4, 0.5) is 5.69 Å². The van der Waals surface area contributed by atoms with Gasteiger partial charge in [-0.15, -0.1) is 0 Å². The Labute approximate surface area is 105 Å². The maximum absolute atomic E-state index is 10.8. The summed E-state index contributed by atoms with van der Waals surface area (Å²) in [4.78, 5) is 20.4. The molecule has 2 N–H and O–H groups in total. The quantitative estimate of drug-likeness (QED) is 0.524. The Hall–Kier alpha value is -1.14. The average molecular weight is 308 g/mol. The molecule has 1 rings (SSSR count). The van der Waals surface area contributed by atoms with Crippen molar-refractivity contribution in [3.63, 3.8) is 0 Å². The van der Waals surface area contributed by atoms with Crippen molar-refractivity contribution in [3.8, 4) is 0 Å². The summed E-state index contributed by atoms with van der Waals surface area (Å²) in [7, 11) is 0. The second-order valence-electron chi connectivity index (χ2n) is 3.10. The van der Waals surface area contributed by atoms with Crippen LogP contribution >= 0.6 is 27.5 Å². The molecular weight excluding hydrogens is 299 g/mol. The second kappa shape index (κ2) is 5.27. The first kappa shape index (κ1) is 12.9. The molecule has 1 aromatic rings. The van der Waals surface area contributed by atoms with Crippen molar-refractivity contribution in [2.75, 3.05) is 0 Å². The maximum atomic E-state index is 10.8. The Morgan fingerprint density at radius 2 is 2.25 bits per heavy atom. The Morgan fingerprint density at radius 3 is 2.75 bits per heavy atom. The summed E-state index contributed by atoms with van der Waals surface area (Å²) in [6.07, 6.45) is 0.131. The molecule has 1 aromatic carbocycles. The molecule has 1 amide bonds. The van der Waals surface area contributed by atoms with Crippen molar-refractivity contribution in [2.24, 2.45) is 5.73 Å².